The number of rotatable bonds is 4. The Kier molecular flexibility index (Phi) is 4.95. The smallest absolute Gasteiger partial charge is 0.222 e. The second-order valence-electron chi connectivity index (χ2n) is 6.15. The molecule has 0 aliphatic carbocycles. The Morgan fingerprint density at radius 1 is 1.38 bits per heavy atom. The van der Waals surface area contributed by atoms with Gasteiger partial charge < -0.3 is 10.2 Å². The van der Waals surface area contributed by atoms with Gasteiger partial charge in [0.1, 0.15) is 0 Å². The Labute approximate surface area is 134 Å². The normalized spacial score (nSPS) is 23.7. The van der Waals surface area contributed by atoms with Gasteiger partial charge in [0, 0.05) is 25.7 Å². The van der Waals surface area contributed by atoms with E-state index in [0.29, 0.717) is 24.3 Å². The fourth-order valence-corrected chi connectivity index (χ4v) is 3.64. The molecule has 0 aromatic carbocycles. The van der Waals surface area contributed by atoms with E-state index in [9.17, 15) is 4.79 Å². The van der Waals surface area contributed by atoms with Crippen molar-refractivity contribution in [3.8, 4) is 0 Å². The first-order valence-corrected chi connectivity index (χ1v) is 8.70. The van der Waals surface area contributed by atoms with E-state index in [4.69, 9.17) is 0 Å². The van der Waals surface area contributed by atoms with Crippen LogP contribution in [0.4, 0.5) is 0 Å². The number of nitrogens with zero attached hydrogens (tertiary/aromatic N) is 3. The lowest BCUT2D eigenvalue weighted by atomic mass is 10.0. The Balaban J connectivity index is 1.43. The Bertz CT molecular complexity index is 476. The Morgan fingerprint density at radius 2 is 2.19 bits per heavy atom. The number of hydrogen-bond donors (Lipinski definition) is 1. The lowest BCUT2D eigenvalue weighted by Gasteiger charge is -2.32. The highest BCUT2D eigenvalue weighted by Gasteiger charge is 2.25. The number of halogens is 1. The molecule has 1 unspecified atom stereocenters. The van der Waals surface area contributed by atoms with Crippen LogP contribution >= 0.6 is 15.9 Å². The third-order valence-corrected chi connectivity index (χ3v) is 5.10. The molecule has 1 aromatic heterocycles. The van der Waals surface area contributed by atoms with Crippen molar-refractivity contribution in [3.05, 3.63) is 16.9 Å². The van der Waals surface area contributed by atoms with Crippen molar-refractivity contribution in [3.63, 3.8) is 0 Å². The second kappa shape index (κ2) is 6.92. The van der Waals surface area contributed by atoms with Gasteiger partial charge in [-0.25, -0.2) is 0 Å². The van der Waals surface area contributed by atoms with Crippen LogP contribution in [-0.4, -0.2) is 46.8 Å². The number of likely N-dealkylation sites (tertiary alicyclic amines) is 1. The fourth-order valence-electron chi connectivity index (χ4n) is 3.34. The summed E-state index contributed by atoms with van der Waals surface area (Å²) >= 11 is 3.43. The molecule has 2 aliphatic rings. The highest BCUT2D eigenvalue weighted by molar-refractivity contribution is 9.10. The van der Waals surface area contributed by atoms with Crippen LogP contribution in [0.25, 0.3) is 0 Å². The Hall–Kier alpha value is -0.880. The SMILES string of the molecule is O=C(CCC1CCNC1)N1CCC(n2cc(Br)cn2)CC1. The first-order valence-electron chi connectivity index (χ1n) is 7.90. The molecule has 116 valence electrons. The van der Waals surface area contributed by atoms with Gasteiger partial charge in [0.05, 0.1) is 16.7 Å². The Morgan fingerprint density at radius 3 is 2.81 bits per heavy atom. The molecule has 21 heavy (non-hydrogen) atoms. The number of piperidine rings is 1. The number of hydrogen-bond acceptors (Lipinski definition) is 3. The summed E-state index contributed by atoms with van der Waals surface area (Å²) in [5.74, 6) is 1.04. The summed E-state index contributed by atoms with van der Waals surface area (Å²) in [6, 6.07) is 0.430. The maximum absolute atomic E-state index is 12.3. The molecule has 5 nitrogen and oxygen atoms in total. The third kappa shape index (κ3) is 3.86. The molecule has 0 bridgehead atoms. The average molecular weight is 355 g/mol. The number of amides is 1. The van der Waals surface area contributed by atoms with Crippen LogP contribution in [0.5, 0.6) is 0 Å². The molecule has 0 radical (unpaired) electrons. The summed E-state index contributed by atoms with van der Waals surface area (Å²) < 4.78 is 3.04. The van der Waals surface area contributed by atoms with Crippen LogP contribution in [0.2, 0.25) is 0 Å². The van der Waals surface area contributed by atoms with E-state index in [1.165, 1.54) is 6.42 Å². The first kappa shape index (κ1) is 15.0. The summed E-state index contributed by atoms with van der Waals surface area (Å²) in [6.07, 6.45) is 8.84. The highest BCUT2D eigenvalue weighted by atomic mass is 79.9. The molecular formula is C15H23BrN4O. The van der Waals surface area contributed by atoms with Crippen LogP contribution in [0.1, 0.15) is 38.1 Å². The van der Waals surface area contributed by atoms with Crippen molar-refractivity contribution < 1.29 is 4.79 Å². The van der Waals surface area contributed by atoms with E-state index >= 15 is 0 Å². The van der Waals surface area contributed by atoms with Gasteiger partial charge in [-0.05, 0) is 60.6 Å². The summed E-state index contributed by atoms with van der Waals surface area (Å²) in [4.78, 5) is 14.3. The zero-order valence-electron chi connectivity index (χ0n) is 12.3. The van der Waals surface area contributed by atoms with Gasteiger partial charge in [-0.15, -0.1) is 0 Å². The van der Waals surface area contributed by atoms with Gasteiger partial charge in [0.15, 0.2) is 0 Å². The molecular weight excluding hydrogens is 332 g/mol. The molecule has 1 amide bonds. The van der Waals surface area contributed by atoms with Gasteiger partial charge in [-0.2, -0.15) is 5.10 Å². The van der Waals surface area contributed by atoms with Gasteiger partial charge in [0.2, 0.25) is 5.91 Å². The highest BCUT2D eigenvalue weighted by Crippen LogP contribution is 2.24. The molecule has 2 fully saturated rings. The number of carbonyl (C=O) groups excluding carboxylic acids is 1. The number of carbonyl (C=O) groups is 1. The van der Waals surface area contributed by atoms with Gasteiger partial charge >= 0.3 is 0 Å². The van der Waals surface area contributed by atoms with Crippen LogP contribution < -0.4 is 5.32 Å². The lowest BCUT2D eigenvalue weighted by Crippen LogP contribution is -2.39. The minimum absolute atomic E-state index is 0.335. The van der Waals surface area contributed by atoms with E-state index in [0.717, 1.165) is 49.9 Å². The molecule has 3 heterocycles. The summed E-state index contributed by atoms with van der Waals surface area (Å²) in [6.45, 7) is 3.93. The fraction of sp³-hybridized carbons (Fsp3) is 0.733. The minimum atomic E-state index is 0.335. The van der Waals surface area contributed by atoms with Gasteiger partial charge in [-0.3, -0.25) is 9.48 Å². The van der Waals surface area contributed by atoms with Crippen LogP contribution in [-0.2, 0) is 4.79 Å². The molecule has 1 atom stereocenters. The predicted octanol–water partition coefficient (Wildman–Crippen LogP) is 2.20. The lowest BCUT2D eigenvalue weighted by molar-refractivity contribution is -0.132. The maximum Gasteiger partial charge on any atom is 0.222 e. The summed E-state index contributed by atoms with van der Waals surface area (Å²) in [5.41, 5.74) is 0. The van der Waals surface area contributed by atoms with E-state index in [1.807, 2.05) is 22.0 Å². The minimum Gasteiger partial charge on any atom is -0.343 e. The van der Waals surface area contributed by atoms with E-state index in [-0.39, 0.29) is 0 Å². The third-order valence-electron chi connectivity index (χ3n) is 4.69. The van der Waals surface area contributed by atoms with Crippen LogP contribution in [0.15, 0.2) is 16.9 Å². The van der Waals surface area contributed by atoms with Crippen molar-refractivity contribution in [2.75, 3.05) is 26.2 Å². The molecule has 0 spiro atoms. The second-order valence-corrected chi connectivity index (χ2v) is 7.06. The quantitative estimate of drug-likeness (QED) is 0.901. The van der Waals surface area contributed by atoms with Gasteiger partial charge in [0.25, 0.3) is 0 Å². The molecule has 1 aromatic rings. The molecule has 1 N–H and O–H groups in total. The van der Waals surface area contributed by atoms with Crippen molar-refractivity contribution in [2.24, 2.45) is 5.92 Å². The van der Waals surface area contributed by atoms with Crippen molar-refractivity contribution in [2.45, 2.75) is 38.1 Å². The van der Waals surface area contributed by atoms with E-state index in [2.05, 4.69) is 26.3 Å². The average Bonchev–Trinajstić information content (AvgIpc) is 3.16. The summed E-state index contributed by atoms with van der Waals surface area (Å²) in [7, 11) is 0. The zero-order chi connectivity index (χ0) is 14.7. The number of nitrogens with one attached hydrogen (secondary N) is 1. The van der Waals surface area contributed by atoms with Crippen LogP contribution in [0, 0.1) is 5.92 Å². The molecule has 3 rings (SSSR count). The number of aromatic nitrogens is 2. The largest absolute Gasteiger partial charge is 0.343 e. The topological polar surface area (TPSA) is 50.2 Å². The molecule has 2 aliphatic heterocycles. The molecule has 2 saturated heterocycles. The van der Waals surface area contributed by atoms with Crippen molar-refractivity contribution >= 4 is 21.8 Å². The summed E-state index contributed by atoms with van der Waals surface area (Å²) in [5, 5.41) is 7.72. The zero-order valence-corrected chi connectivity index (χ0v) is 13.9. The molecule has 6 heteroatoms. The van der Waals surface area contributed by atoms with E-state index < -0.39 is 0 Å². The first-order chi connectivity index (χ1) is 10.2. The maximum atomic E-state index is 12.3. The van der Waals surface area contributed by atoms with Crippen molar-refractivity contribution in [1.82, 2.24) is 20.0 Å². The standard InChI is InChI=1S/C15H23BrN4O/c16-13-10-18-20(11-13)14-4-7-19(8-5-14)15(21)2-1-12-3-6-17-9-12/h10-12,14,17H,1-9H2. The molecule has 0 saturated carbocycles. The van der Waals surface area contributed by atoms with Gasteiger partial charge in [-0.1, -0.05) is 0 Å². The van der Waals surface area contributed by atoms with E-state index in [1.54, 1.807) is 0 Å². The van der Waals surface area contributed by atoms with Crippen molar-refractivity contribution in [1.29, 1.82) is 0 Å². The predicted molar refractivity (Wildman–Crippen MR) is 85.0 cm³/mol. The van der Waals surface area contributed by atoms with Crippen LogP contribution in [0.3, 0.4) is 0 Å². The monoisotopic (exact) mass is 354 g/mol.